The second-order valence-corrected chi connectivity index (χ2v) is 6.76. The van der Waals surface area contributed by atoms with E-state index >= 15 is 0 Å². The molecule has 0 spiro atoms. The minimum absolute atomic E-state index is 0.0607. The molecule has 1 aliphatic rings. The van der Waals surface area contributed by atoms with E-state index in [0.29, 0.717) is 0 Å². The molecule has 0 bridgehead atoms. The molecule has 2 heterocycles. The molecule has 3 rings (SSSR count). The SMILES string of the molecule is CN(C)Cc1ccc(C2CCCN2C(=O)/C=C/c2ccccc2)nc1. The summed E-state index contributed by atoms with van der Waals surface area (Å²) in [5.41, 5.74) is 3.22. The summed E-state index contributed by atoms with van der Waals surface area (Å²) in [6.07, 6.45) is 7.48. The van der Waals surface area contributed by atoms with Crippen molar-refractivity contribution in [3.8, 4) is 0 Å². The summed E-state index contributed by atoms with van der Waals surface area (Å²) in [5, 5.41) is 0. The molecule has 1 aliphatic heterocycles. The van der Waals surface area contributed by atoms with Crippen molar-refractivity contribution in [3.05, 3.63) is 71.6 Å². The number of nitrogens with zero attached hydrogens (tertiary/aromatic N) is 3. The second kappa shape index (κ2) is 8.08. The average molecular weight is 335 g/mol. The number of hydrogen-bond acceptors (Lipinski definition) is 3. The lowest BCUT2D eigenvalue weighted by Gasteiger charge is -2.23. The zero-order valence-corrected chi connectivity index (χ0v) is 14.9. The molecule has 4 heteroatoms. The maximum Gasteiger partial charge on any atom is 0.247 e. The van der Waals surface area contributed by atoms with Gasteiger partial charge in [0.15, 0.2) is 0 Å². The van der Waals surface area contributed by atoms with Gasteiger partial charge in [-0.15, -0.1) is 0 Å². The Hall–Kier alpha value is -2.46. The van der Waals surface area contributed by atoms with Crippen LogP contribution in [0.3, 0.4) is 0 Å². The van der Waals surface area contributed by atoms with E-state index in [1.165, 1.54) is 5.56 Å². The Morgan fingerprint density at radius 3 is 2.72 bits per heavy atom. The first-order valence-electron chi connectivity index (χ1n) is 8.77. The zero-order valence-electron chi connectivity index (χ0n) is 14.9. The van der Waals surface area contributed by atoms with Gasteiger partial charge in [-0.25, -0.2) is 0 Å². The van der Waals surface area contributed by atoms with Gasteiger partial charge >= 0.3 is 0 Å². The molecule has 0 radical (unpaired) electrons. The molecule has 0 saturated carbocycles. The molecule has 4 nitrogen and oxygen atoms in total. The number of rotatable bonds is 5. The first kappa shape index (κ1) is 17.4. The fourth-order valence-electron chi connectivity index (χ4n) is 3.26. The Bertz CT molecular complexity index is 723. The van der Waals surface area contributed by atoms with Gasteiger partial charge in [0, 0.05) is 25.4 Å². The van der Waals surface area contributed by atoms with Crippen LogP contribution in [0.5, 0.6) is 0 Å². The van der Waals surface area contributed by atoms with Crippen molar-refractivity contribution in [3.63, 3.8) is 0 Å². The smallest absolute Gasteiger partial charge is 0.247 e. The molecule has 1 unspecified atom stereocenters. The highest BCUT2D eigenvalue weighted by Crippen LogP contribution is 2.31. The highest BCUT2D eigenvalue weighted by Gasteiger charge is 2.29. The van der Waals surface area contributed by atoms with Gasteiger partial charge in [0.25, 0.3) is 0 Å². The summed E-state index contributed by atoms with van der Waals surface area (Å²) in [5.74, 6) is 0.0607. The van der Waals surface area contributed by atoms with Crippen molar-refractivity contribution in [2.75, 3.05) is 20.6 Å². The lowest BCUT2D eigenvalue weighted by atomic mass is 10.1. The van der Waals surface area contributed by atoms with Crippen molar-refractivity contribution in [2.24, 2.45) is 0 Å². The fourth-order valence-corrected chi connectivity index (χ4v) is 3.26. The van der Waals surface area contributed by atoms with E-state index in [9.17, 15) is 4.79 Å². The molecule has 130 valence electrons. The van der Waals surface area contributed by atoms with Gasteiger partial charge in [-0.1, -0.05) is 36.4 Å². The normalized spacial score (nSPS) is 17.6. The number of amides is 1. The van der Waals surface area contributed by atoms with Crippen LogP contribution >= 0.6 is 0 Å². The quantitative estimate of drug-likeness (QED) is 0.785. The van der Waals surface area contributed by atoms with Crippen molar-refractivity contribution in [1.82, 2.24) is 14.8 Å². The van der Waals surface area contributed by atoms with E-state index in [-0.39, 0.29) is 11.9 Å². The molecule has 1 saturated heterocycles. The number of aromatic nitrogens is 1. The Kier molecular flexibility index (Phi) is 5.61. The fraction of sp³-hybridized carbons (Fsp3) is 0.333. The van der Waals surface area contributed by atoms with Gasteiger partial charge in [0.1, 0.15) is 0 Å². The molecule has 1 atom stereocenters. The number of carbonyl (C=O) groups excluding carboxylic acids is 1. The van der Waals surface area contributed by atoms with E-state index in [1.807, 2.05) is 61.6 Å². The number of benzene rings is 1. The predicted octanol–water partition coefficient (Wildman–Crippen LogP) is 3.52. The minimum atomic E-state index is 0.0607. The third kappa shape index (κ3) is 4.54. The number of carbonyl (C=O) groups is 1. The van der Waals surface area contributed by atoms with Crippen LogP contribution in [0.4, 0.5) is 0 Å². The lowest BCUT2D eigenvalue weighted by molar-refractivity contribution is -0.126. The third-order valence-corrected chi connectivity index (χ3v) is 4.44. The summed E-state index contributed by atoms with van der Waals surface area (Å²) in [6, 6.07) is 14.2. The first-order chi connectivity index (χ1) is 12.1. The predicted molar refractivity (Wildman–Crippen MR) is 101 cm³/mol. The molecule has 1 aromatic heterocycles. The molecule has 2 aromatic rings. The number of hydrogen-bond donors (Lipinski definition) is 0. The maximum absolute atomic E-state index is 12.6. The van der Waals surface area contributed by atoms with Crippen molar-refractivity contribution in [1.29, 1.82) is 0 Å². The van der Waals surface area contributed by atoms with Gasteiger partial charge in [0.05, 0.1) is 11.7 Å². The Labute approximate surface area is 149 Å². The summed E-state index contributed by atoms with van der Waals surface area (Å²) < 4.78 is 0. The van der Waals surface area contributed by atoms with E-state index in [2.05, 4.69) is 22.0 Å². The highest BCUT2D eigenvalue weighted by molar-refractivity contribution is 5.92. The number of pyridine rings is 1. The van der Waals surface area contributed by atoms with Gasteiger partial charge < -0.3 is 9.80 Å². The van der Waals surface area contributed by atoms with Gasteiger partial charge in [-0.3, -0.25) is 9.78 Å². The molecule has 1 aromatic carbocycles. The first-order valence-corrected chi connectivity index (χ1v) is 8.77. The van der Waals surface area contributed by atoms with Crippen LogP contribution in [0.2, 0.25) is 0 Å². The van der Waals surface area contributed by atoms with Gasteiger partial charge in [-0.05, 0) is 50.2 Å². The molecular formula is C21H25N3O. The Morgan fingerprint density at radius 1 is 1.24 bits per heavy atom. The maximum atomic E-state index is 12.6. The van der Waals surface area contributed by atoms with Crippen molar-refractivity contribution >= 4 is 12.0 Å². The van der Waals surface area contributed by atoms with Crippen molar-refractivity contribution < 1.29 is 4.79 Å². The standard InChI is InChI=1S/C21H25N3O/c1-23(2)16-18-10-12-19(22-15-18)20-9-6-14-24(20)21(25)13-11-17-7-4-3-5-8-17/h3-5,7-8,10-13,15,20H,6,9,14,16H2,1-2H3/b13-11+. The lowest BCUT2D eigenvalue weighted by Crippen LogP contribution is -2.29. The van der Waals surface area contributed by atoms with E-state index in [4.69, 9.17) is 0 Å². The zero-order chi connectivity index (χ0) is 17.6. The van der Waals surface area contributed by atoms with Crippen LogP contribution in [0.15, 0.2) is 54.7 Å². The molecule has 0 aliphatic carbocycles. The van der Waals surface area contributed by atoms with Crippen LogP contribution < -0.4 is 0 Å². The monoisotopic (exact) mass is 335 g/mol. The summed E-state index contributed by atoms with van der Waals surface area (Å²) in [6.45, 7) is 1.67. The van der Waals surface area contributed by atoms with Gasteiger partial charge in [0.2, 0.25) is 5.91 Å². The topological polar surface area (TPSA) is 36.4 Å². The van der Waals surface area contributed by atoms with E-state index in [1.54, 1.807) is 6.08 Å². The molecule has 0 N–H and O–H groups in total. The average Bonchev–Trinajstić information content (AvgIpc) is 3.10. The van der Waals surface area contributed by atoms with Crippen LogP contribution in [-0.2, 0) is 11.3 Å². The van der Waals surface area contributed by atoms with Gasteiger partial charge in [-0.2, -0.15) is 0 Å². The van der Waals surface area contributed by atoms with Crippen LogP contribution in [0.25, 0.3) is 6.08 Å². The van der Waals surface area contributed by atoms with E-state index in [0.717, 1.165) is 37.2 Å². The number of likely N-dealkylation sites (tertiary alicyclic amines) is 1. The Balaban J connectivity index is 1.69. The summed E-state index contributed by atoms with van der Waals surface area (Å²) in [4.78, 5) is 21.3. The largest absolute Gasteiger partial charge is 0.331 e. The second-order valence-electron chi connectivity index (χ2n) is 6.76. The molecule has 25 heavy (non-hydrogen) atoms. The Morgan fingerprint density at radius 2 is 2.04 bits per heavy atom. The summed E-state index contributed by atoms with van der Waals surface area (Å²) in [7, 11) is 4.09. The molecule has 1 amide bonds. The van der Waals surface area contributed by atoms with Crippen LogP contribution in [0, 0.1) is 0 Å². The van der Waals surface area contributed by atoms with Crippen LogP contribution in [0.1, 0.15) is 35.7 Å². The molecule has 1 fully saturated rings. The third-order valence-electron chi connectivity index (χ3n) is 4.44. The van der Waals surface area contributed by atoms with E-state index < -0.39 is 0 Å². The highest BCUT2D eigenvalue weighted by atomic mass is 16.2. The summed E-state index contributed by atoms with van der Waals surface area (Å²) >= 11 is 0. The van der Waals surface area contributed by atoms with Crippen LogP contribution in [-0.4, -0.2) is 41.3 Å². The van der Waals surface area contributed by atoms with Crippen molar-refractivity contribution in [2.45, 2.75) is 25.4 Å². The minimum Gasteiger partial charge on any atom is -0.331 e. The molecular weight excluding hydrogens is 310 g/mol.